The molecule has 4 nitrogen and oxygen atoms in total. The van der Waals surface area contributed by atoms with E-state index in [2.05, 4.69) is 228 Å². The van der Waals surface area contributed by atoms with E-state index in [-0.39, 0.29) is 0 Å². The molecular formula is C58H38N2O2. The molecule has 1 aliphatic heterocycles. The number of fused-ring (bicyclic) bond motifs is 5. The van der Waals surface area contributed by atoms with Gasteiger partial charge in [0.1, 0.15) is 16.9 Å². The van der Waals surface area contributed by atoms with Crippen LogP contribution in [-0.2, 0) is 0 Å². The minimum absolute atomic E-state index is 0.801. The fourth-order valence-electron chi connectivity index (χ4n) is 9.13. The smallest absolute Gasteiger partial charge is 0.159 e. The van der Waals surface area contributed by atoms with Crippen molar-refractivity contribution in [2.75, 3.05) is 9.80 Å². The van der Waals surface area contributed by atoms with Crippen molar-refractivity contribution >= 4 is 66.8 Å². The SMILES string of the molecule is c1ccc(-c2ccc(N(c3ccc(-c4cccc5c4oc4ccccc45)cc3)c3ccc4c(c3)Oc3c(N(c5ccccc5)c5ccccc5)ccc5cccc-4c35)cc2)cc1. The van der Waals surface area contributed by atoms with Crippen molar-refractivity contribution in [1.29, 1.82) is 0 Å². The summed E-state index contributed by atoms with van der Waals surface area (Å²) in [4.78, 5) is 4.60. The highest BCUT2D eigenvalue weighted by Crippen LogP contribution is 2.54. The molecule has 0 atom stereocenters. The summed E-state index contributed by atoms with van der Waals surface area (Å²) in [6.45, 7) is 0. The normalized spacial score (nSPS) is 11.7. The topological polar surface area (TPSA) is 28.9 Å². The van der Waals surface area contributed by atoms with Crippen LogP contribution >= 0.6 is 0 Å². The minimum atomic E-state index is 0.801. The maximum Gasteiger partial charge on any atom is 0.159 e. The molecule has 4 heteroatoms. The number of benzene rings is 10. The van der Waals surface area contributed by atoms with Crippen LogP contribution < -0.4 is 14.5 Å². The van der Waals surface area contributed by atoms with Gasteiger partial charge >= 0.3 is 0 Å². The van der Waals surface area contributed by atoms with Gasteiger partial charge in [-0.15, -0.1) is 0 Å². The lowest BCUT2D eigenvalue weighted by atomic mass is 9.93. The van der Waals surface area contributed by atoms with Crippen LogP contribution in [0.4, 0.5) is 34.1 Å². The van der Waals surface area contributed by atoms with Gasteiger partial charge in [-0.3, -0.25) is 0 Å². The Morgan fingerprint density at radius 1 is 0.339 bits per heavy atom. The van der Waals surface area contributed by atoms with E-state index >= 15 is 0 Å². The highest BCUT2D eigenvalue weighted by molar-refractivity contribution is 6.10. The minimum Gasteiger partial charge on any atom is -0.455 e. The lowest BCUT2D eigenvalue weighted by molar-refractivity contribution is 0.488. The maximum atomic E-state index is 7.21. The molecule has 0 saturated carbocycles. The molecule has 0 N–H and O–H groups in total. The molecule has 0 saturated heterocycles. The third-order valence-corrected chi connectivity index (χ3v) is 12.0. The average molecular weight is 795 g/mol. The molecule has 1 aromatic heterocycles. The standard InChI is InChI=1S/C58H38N2O2/c1-4-14-39(15-5-1)40-26-31-45(32-27-40)59(46-33-28-41(29-34-46)48-22-13-24-52-49-21-10-11-25-54(49)61-57(48)52)47-35-36-50-51-23-12-16-42-30-37-53(58(56(42)51)62-55(50)38-47)60(43-17-6-2-7-18-43)44-19-8-3-9-20-44/h1-38H. The van der Waals surface area contributed by atoms with Gasteiger partial charge in [-0.2, -0.15) is 0 Å². The third kappa shape index (κ3) is 6.00. The van der Waals surface area contributed by atoms with Gasteiger partial charge in [0, 0.05) is 61.8 Å². The lowest BCUT2D eigenvalue weighted by Crippen LogP contribution is -2.13. The van der Waals surface area contributed by atoms with Crippen molar-refractivity contribution in [2.45, 2.75) is 0 Å². The molecule has 11 aromatic rings. The summed E-state index contributed by atoms with van der Waals surface area (Å²) in [7, 11) is 0. The Morgan fingerprint density at radius 3 is 1.63 bits per heavy atom. The maximum absolute atomic E-state index is 7.21. The van der Waals surface area contributed by atoms with Crippen molar-refractivity contribution in [3.63, 3.8) is 0 Å². The average Bonchev–Trinajstić information content (AvgIpc) is 3.73. The summed E-state index contributed by atoms with van der Waals surface area (Å²) in [5, 5.41) is 4.48. The Hall–Kier alpha value is -8.34. The van der Waals surface area contributed by atoms with E-state index < -0.39 is 0 Å². The number of ether oxygens (including phenoxy) is 1. The highest BCUT2D eigenvalue weighted by Gasteiger charge is 2.27. The molecule has 12 rings (SSSR count). The van der Waals surface area contributed by atoms with E-state index in [1.165, 1.54) is 5.56 Å². The first-order valence-corrected chi connectivity index (χ1v) is 21.0. The Labute approximate surface area is 359 Å². The number of anilines is 6. The molecule has 0 radical (unpaired) electrons. The summed E-state index contributed by atoms with van der Waals surface area (Å²) in [6, 6.07) is 81.3. The fraction of sp³-hybridized carbons (Fsp3) is 0. The van der Waals surface area contributed by atoms with Crippen LogP contribution in [0, 0.1) is 0 Å². The molecule has 0 spiro atoms. The second-order valence-electron chi connectivity index (χ2n) is 15.7. The number of hydrogen-bond donors (Lipinski definition) is 0. The Kier molecular flexibility index (Phi) is 8.46. The van der Waals surface area contributed by atoms with Gasteiger partial charge < -0.3 is 19.0 Å². The Balaban J connectivity index is 0.992. The summed E-state index contributed by atoms with van der Waals surface area (Å²) in [5.41, 5.74) is 14.6. The van der Waals surface area contributed by atoms with E-state index in [1.807, 2.05) is 12.1 Å². The van der Waals surface area contributed by atoms with E-state index in [0.29, 0.717) is 0 Å². The molecule has 0 fully saturated rings. The molecule has 0 amide bonds. The van der Waals surface area contributed by atoms with Crippen LogP contribution in [0.3, 0.4) is 0 Å². The van der Waals surface area contributed by atoms with Gasteiger partial charge in [0.05, 0.1) is 5.69 Å². The number of hydrogen-bond acceptors (Lipinski definition) is 4. The molecule has 62 heavy (non-hydrogen) atoms. The van der Waals surface area contributed by atoms with Crippen LogP contribution in [0.25, 0.3) is 66.1 Å². The molecule has 292 valence electrons. The van der Waals surface area contributed by atoms with E-state index in [4.69, 9.17) is 9.15 Å². The predicted molar refractivity (Wildman–Crippen MR) is 257 cm³/mol. The lowest BCUT2D eigenvalue weighted by Gasteiger charge is -2.31. The zero-order valence-corrected chi connectivity index (χ0v) is 33.7. The predicted octanol–water partition coefficient (Wildman–Crippen LogP) is 16.8. The molecule has 0 unspecified atom stereocenters. The molecular weight excluding hydrogens is 757 g/mol. The molecule has 0 bridgehead atoms. The second kappa shape index (κ2) is 14.7. The van der Waals surface area contributed by atoms with Crippen molar-refractivity contribution in [3.05, 3.63) is 231 Å². The summed E-state index contributed by atoms with van der Waals surface area (Å²) in [5.74, 6) is 1.63. The number of rotatable bonds is 8. The van der Waals surface area contributed by atoms with Gasteiger partial charge in [-0.1, -0.05) is 152 Å². The molecule has 0 aliphatic carbocycles. The Bertz CT molecular complexity index is 3380. The van der Waals surface area contributed by atoms with Gasteiger partial charge in [-0.05, 0) is 100 Å². The van der Waals surface area contributed by atoms with Crippen LogP contribution in [0.1, 0.15) is 0 Å². The summed E-state index contributed by atoms with van der Waals surface area (Å²) < 4.78 is 13.7. The third-order valence-electron chi connectivity index (χ3n) is 12.0. The summed E-state index contributed by atoms with van der Waals surface area (Å²) >= 11 is 0. The first-order chi connectivity index (χ1) is 30.7. The number of para-hydroxylation sites is 4. The zero-order chi connectivity index (χ0) is 41.0. The van der Waals surface area contributed by atoms with Gasteiger partial charge in [-0.25, -0.2) is 0 Å². The van der Waals surface area contributed by atoms with Crippen molar-refractivity contribution in [2.24, 2.45) is 0 Å². The van der Waals surface area contributed by atoms with Crippen LogP contribution in [0.2, 0.25) is 0 Å². The van der Waals surface area contributed by atoms with Crippen molar-refractivity contribution in [1.82, 2.24) is 0 Å². The summed E-state index contributed by atoms with van der Waals surface area (Å²) in [6.07, 6.45) is 0. The van der Waals surface area contributed by atoms with Gasteiger partial charge in [0.2, 0.25) is 0 Å². The van der Waals surface area contributed by atoms with Crippen LogP contribution in [0.15, 0.2) is 235 Å². The highest BCUT2D eigenvalue weighted by atomic mass is 16.5. The fourth-order valence-corrected chi connectivity index (χ4v) is 9.13. The Morgan fingerprint density at radius 2 is 0.903 bits per heavy atom. The first kappa shape index (κ1) is 35.6. The van der Waals surface area contributed by atoms with E-state index in [9.17, 15) is 0 Å². The molecule has 2 heterocycles. The molecule has 10 aromatic carbocycles. The quantitative estimate of drug-likeness (QED) is 0.153. The second-order valence-corrected chi connectivity index (χ2v) is 15.7. The zero-order valence-electron chi connectivity index (χ0n) is 33.7. The monoisotopic (exact) mass is 794 g/mol. The van der Waals surface area contributed by atoms with Crippen molar-refractivity contribution in [3.8, 4) is 44.9 Å². The van der Waals surface area contributed by atoms with Crippen LogP contribution in [0.5, 0.6) is 11.5 Å². The number of furan rings is 1. The van der Waals surface area contributed by atoms with Gasteiger partial charge in [0.25, 0.3) is 0 Å². The largest absolute Gasteiger partial charge is 0.455 e. The molecule has 1 aliphatic rings. The van der Waals surface area contributed by atoms with Crippen LogP contribution in [-0.4, -0.2) is 0 Å². The van der Waals surface area contributed by atoms with Gasteiger partial charge in [0.15, 0.2) is 5.75 Å². The van der Waals surface area contributed by atoms with E-state index in [0.717, 1.165) is 106 Å². The van der Waals surface area contributed by atoms with Crippen molar-refractivity contribution < 1.29 is 9.15 Å². The first-order valence-electron chi connectivity index (χ1n) is 21.0. The number of nitrogens with zero attached hydrogens (tertiary/aromatic N) is 2. The van der Waals surface area contributed by atoms with E-state index in [1.54, 1.807) is 0 Å².